The van der Waals surface area contributed by atoms with Gasteiger partial charge in [0.2, 0.25) is 11.8 Å². The Morgan fingerprint density at radius 3 is 2.20 bits per heavy atom. The van der Waals surface area contributed by atoms with Crippen molar-refractivity contribution in [3.8, 4) is 22.6 Å². The van der Waals surface area contributed by atoms with Crippen molar-refractivity contribution in [3.63, 3.8) is 0 Å². The molecule has 2 heterocycles. The van der Waals surface area contributed by atoms with Gasteiger partial charge in [0.1, 0.15) is 30.8 Å². The molecule has 15 heteroatoms. The van der Waals surface area contributed by atoms with E-state index in [0.29, 0.717) is 65.0 Å². The van der Waals surface area contributed by atoms with E-state index in [-0.39, 0.29) is 80.9 Å². The van der Waals surface area contributed by atoms with Crippen molar-refractivity contribution < 1.29 is 42.8 Å². The van der Waals surface area contributed by atoms with Crippen LogP contribution < -0.4 is 32.0 Å². The second-order valence-electron chi connectivity index (χ2n) is 23.5. The first-order valence-electron chi connectivity index (χ1n) is 28.6. The van der Waals surface area contributed by atoms with Gasteiger partial charge in [-0.25, -0.2) is 0 Å². The number of hydrogen-bond donors (Lipinski definition) is 4. The fraction of sp³-hybridized carbons (Fsp3) is 0.623. The zero-order valence-electron chi connectivity index (χ0n) is 46.9. The lowest BCUT2D eigenvalue weighted by molar-refractivity contribution is -0.199. The number of amides is 2. The summed E-state index contributed by atoms with van der Waals surface area (Å²) >= 11 is 0. The molecule has 6 bridgehead atoms. The monoisotopic (exact) mass is 1050 g/mol. The number of ketones is 3. The summed E-state index contributed by atoms with van der Waals surface area (Å²) in [6.45, 7) is 15.8. The minimum absolute atomic E-state index is 0.0426. The number of nitrogens with two attached hydrogens (primary N) is 3. The number of fused-ring (bicyclic) bond motifs is 5. The summed E-state index contributed by atoms with van der Waals surface area (Å²) in [6, 6.07) is 14.8. The molecule has 9 atom stereocenters. The van der Waals surface area contributed by atoms with Gasteiger partial charge in [-0.3, -0.25) is 24.0 Å². The molecule has 3 aromatic rings. The Bertz CT molecular complexity index is 2540. The van der Waals surface area contributed by atoms with E-state index in [9.17, 15) is 14.4 Å². The summed E-state index contributed by atoms with van der Waals surface area (Å²) in [4.78, 5) is 74.9. The third-order valence-electron chi connectivity index (χ3n) is 17.4. The molecule has 3 aromatic carbocycles. The van der Waals surface area contributed by atoms with Crippen LogP contribution in [0.15, 0.2) is 54.6 Å². The number of carbonyl (C=O) groups excluding carboxylic acids is 5. The van der Waals surface area contributed by atoms with Crippen molar-refractivity contribution >= 4 is 36.3 Å². The highest BCUT2D eigenvalue weighted by atomic mass is 16.7. The Balaban J connectivity index is 1.19. The van der Waals surface area contributed by atoms with Crippen molar-refractivity contribution in [2.45, 2.75) is 174 Å². The summed E-state index contributed by atoms with van der Waals surface area (Å²) in [5, 5.41) is 3.06. The van der Waals surface area contributed by atoms with Gasteiger partial charge in [0, 0.05) is 67.9 Å². The molecular weight excluding hydrogens is 958 g/mol. The van der Waals surface area contributed by atoms with Crippen LogP contribution in [0.25, 0.3) is 11.1 Å². The molecule has 14 nitrogen and oxygen atoms in total. The standard InChI is InChI=1S/C61H88BN5O9/c1-9-10-11-12-13-14-16-41-18-21-46(38(2)29-41)50(68)35-44(17-15-24-63)59(72)67(8)57-43-20-23-54(74-28-26-65)48(34-43)47-32-42(19-22-53(47)73-27-25-64)33-49(66-58(71)39(3)30-52(57)70)51(69)31-40(4)62-75-56-37-45-36-55(60(45,5)6)61(56,7)76-62/h18-23,29,32,34,39-40,44-45,49,55-57H,9-17,24-28,30-31,33,35-37,63-65H2,1-8H3,(H,66,71)/t39-,40-,44-,45+,49+,55+,56-,57+,61+/m1/s1. The fourth-order valence-corrected chi connectivity index (χ4v) is 12.8. The van der Waals surface area contributed by atoms with Crippen LogP contribution in [0.3, 0.4) is 0 Å². The molecule has 5 aliphatic rings. The fourth-order valence-electron chi connectivity index (χ4n) is 12.8. The number of likely N-dealkylation sites (N-methyl/N-ethyl adjacent to an activating group) is 1. The first-order chi connectivity index (χ1) is 36.3. The second kappa shape index (κ2) is 26.1. The van der Waals surface area contributed by atoms with Crippen molar-refractivity contribution in [1.29, 1.82) is 0 Å². The zero-order chi connectivity index (χ0) is 54.9. The van der Waals surface area contributed by atoms with E-state index in [1.54, 1.807) is 26.1 Å². The van der Waals surface area contributed by atoms with Gasteiger partial charge in [-0.1, -0.05) is 97.1 Å². The summed E-state index contributed by atoms with van der Waals surface area (Å²) in [5.74, 6) is -1.69. The van der Waals surface area contributed by atoms with Gasteiger partial charge in [0.05, 0.1) is 17.7 Å². The molecule has 0 aromatic heterocycles. The Kier molecular flexibility index (Phi) is 20.2. The van der Waals surface area contributed by atoms with E-state index in [4.69, 9.17) is 36.0 Å². The van der Waals surface area contributed by atoms with E-state index in [0.717, 1.165) is 36.8 Å². The van der Waals surface area contributed by atoms with Crippen molar-refractivity contribution in [2.24, 2.45) is 46.3 Å². The molecule has 3 aliphatic carbocycles. The first-order valence-corrected chi connectivity index (χ1v) is 28.6. The number of nitrogens with one attached hydrogen (secondary N) is 1. The lowest BCUT2D eigenvalue weighted by atomic mass is 9.43. The van der Waals surface area contributed by atoms with Crippen molar-refractivity contribution in [3.05, 3.63) is 82.4 Å². The second-order valence-corrected chi connectivity index (χ2v) is 23.5. The highest BCUT2D eigenvalue weighted by Gasteiger charge is 2.68. The average Bonchev–Trinajstić information content (AvgIpc) is 3.77. The van der Waals surface area contributed by atoms with E-state index >= 15 is 9.59 Å². The predicted molar refractivity (Wildman–Crippen MR) is 299 cm³/mol. The molecule has 0 spiro atoms. The van der Waals surface area contributed by atoms with Gasteiger partial charge in [0.25, 0.3) is 0 Å². The average molecular weight is 1050 g/mol. The van der Waals surface area contributed by atoms with Crippen LogP contribution in [0.5, 0.6) is 11.5 Å². The number of ether oxygens (including phenoxy) is 2. The SMILES string of the molecule is CCCCCCCCc1ccc(C(=O)C[C@@H](CCCN)C(=O)N(C)[C@@H]2C(=O)C[C@@H](C)C(=O)N[C@H](C(=O)C[C@@H](C)B3O[C@@H]4C[C@@H]5C[C@@H](C5(C)C)[C@]4(C)O3)Cc3ccc(OCCN)c(c3)-c3cc2ccc3OCCN)c(C)c1. The lowest BCUT2D eigenvalue weighted by Crippen LogP contribution is -2.65. The van der Waals surface area contributed by atoms with Crippen molar-refractivity contribution in [2.75, 3.05) is 39.9 Å². The van der Waals surface area contributed by atoms with Crippen LogP contribution in [0, 0.1) is 36.0 Å². The first kappa shape index (κ1) is 58.8. The number of benzene rings is 3. The minimum atomic E-state index is -1.19. The van der Waals surface area contributed by atoms with Gasteiger partial charge in [-0.15, -0.1) is 0 Å². The van der Waals surface area contributed by atoms with Crippen LogP contribution in [0.4, 0.5) is 0 Å². The summed E-state index contributed by atoms with van der Waals surface area (Å²) < 4.78 is 25.9. The zero-order valence-corrected chi connectivity index (χ0v) is 46.9. The molecule has 0 unspecified atom stereocenters. The molecule has 3 saturated carbocycles. The number of nitrogens with zero attached hydrogens (tertiary/aromatic N) is 1. The number of Topliss-reactive ketones (excluding diaryl/α,β-unsaturated/α-hetero) is 3. The van der Waals surface area contributed by atoms with Gasteiger partial charge < -0.3 is 46.2 Å². The Morgan fingerprint density at radius 2 is 1.53 bits per heavy atom. The molecular formula is C61H88BN5O9. The number of carbonyl (C=O) groups is 5. The molecule has 2 aliphatic heterocycles. The topological polar surface area (TPSA) is 216 Å². The maximum Gasteiger partial charge on any atom is 0.461 e. The maximum absolute atomic E-state index is 15.1. The summed E-state index contributed by atoms with van der Waals surface area (Å²) in [5.41, 5.74) is 22.7. The molecule has 8 rings (SSSR count). The van der Waals surface area contributed by atoms with Crippen LogP contribution >= 0.6 is 0 Å². The Labute approximate surface area is 453 Å². The molecule has 7 N–H and O–H groups in total. The molecule has 414 valence electrons. The minimum Gasteiger partial charge on any atom is -0.492 e. The molecule has 2 amide bonds. The van der Waals surface area contributed by atoms with Gasteiger partial charge in [-0.05, 0) is 135 Å². The molecule has 4 fully saturated rings. The van der Waals surface area contributed by atoms with Crippen LogP contribution in [0.2, 0.25) is 5.82 Å². The van der Waals surface area contributed by atoms with E-state index in [1.807, 2.05) is 50.2 Å². The third-order valence-corrected chi connectivity index (χ3v) is 17.4. The van der Waals surface area contributed by atoms with E-state index in [2.05, 4.69) is 39.1 Å². The van der Waals surface area contributed by atoms with Crippen LogP contribution in [-0.4, -0.2) is 98.8 Å². The van der Waals surface area contributed by atoms with Crippen LogP contribution in [0.1, 0.15) is 164 Å². The lowest BCUT2D eigenvalue weighted by Gasteiger charge is -2.64. The quantitative estimate of drug-likeness (QED) is 0.0355. The van der Waals surface area contributed by atoms with Crippen LogP contribution in [-0.2, 0) is 41.3 Å². The van der Waals surface area contributed by atoms with Gasteiger partial charge >= 0.3 is 7.12 Å². The number of hydrogen-bond acceptors (Lipinski definition) is 12. The number of aryl methyl sites for hydroxylation is 2. The number of unbranched alkanes of at least 4 members (excludes halogenated alkanes) is 5. The van der Waals surface area contributed by atoms with Gasteiger partial charge in [-0.2, -0.15) is 0 Å². The summed E-state index contributed by atoms with van der Waals surface area (Å²) in [6.07, 6.45) is 10.9. The Morgan fingerprint density at radius 1 is 0.842 bits per heavy atom. The van der Waals surface area contributed by atoms with E-state index < -0.39 is 54.2 Å². The van der Waals surface area contributed by atoms with E-state index in [1.165, 1.54) is 42.6 Å². The smallest absolute Gasteiger partial charge is 0.461 e. The maximum atomic E-state index is 15.1. The molecule has 0 radical (unpaired) electrons. The molecule has 76 heavy (non-hydrogen) atoms. The third kappa shape index (κ3) is 13.3. The predicted octanol–water partition coefficient (Wildman–Crippen LogP) is 9.08. The number of rotatable bonds is 25. The normalized spacial score (nSPS) is 24.6. The Hall–Kier alpha value is -4.93. The largest absolute Gasteiger partial charge is 0.492 e. The highest BCUT2D eigenvalue weighted by Crippen LogP contribution is 2.66. The van der Waals surface area contributed by atoms with Gasteiger partial charge in [0.15, 0.2) is 17.3 Å². The molecule has 1 saturated heterocycles. The highest BCUT2D eigenvalue weighted by molar-refractivity contribution is 6.47. The summed E-state index contributed by atoms with van der Waals surface area (Å²) in [7, 11) is 1.01. The van der Waals surface area contributed by atoms with Crippen molar-refractivity contribution in [1.82, 2.24) is 10.2 Å².